The molecule has 0 saturated carbocycles. The van der Waals surface area contributed by atoms with Crippen molar-refractivity contribution in [3.05, 3.63) is 35.0 Å². The molecule has 2 heteroatoms. The molecule has 0 atom stereocenters. The Hall–Kier alpha value is -1.02. The van der Waals surface area contributed by atoms with Crippen molar-refractivity contribution in [1.82, 2.24) is 0 Å². The summed E-state index contributed by atoms with van der Waals surface area (Å²) in [5, 5.41) is 1.75. The van der Waals surface area contributed by atoms with E-state index >= 15 is 0 Å². The molecular formula is C19H32OSi. The molecule has 118 valence electrons. The Bertz CT molecular complexity index is 438. The van der Waals surface area contributed by atoms with Gasteiger partial charge in [0.25, 0.3) is 0 Å². The molecule has 0 N–H and O–H groups in total. The summed E-state index contributed by atoms with van der Waals surface area (Å²) in [6.07, 6.45) is 6.33. The fraction of sp³-hybridized carbons (Fsp3) is 0.579. The van der Waals surface area contributed by atoms with Crippen molar-refractivity contribution < 1.29 is 4.74 Å². The third kappa shape index (κ3) is 4.74. The van der Waals surface area contributed by atoms with E-state index in [-0.39, 0.29) is 0 Å². The summed E-state index contributed by atoms with van der Waals surface area (Å²) in [7, 11) is 0.466. The normalized spacial score (nSPS) is 12.5. The molecule has 1 aromatic carbocycles. The highest BCUT2D eigenvalue weighted by molar-refractivity contribution is 6.86. The maximum Gasteiger partial charge on any atom is 0.119 e. The van der Waals surface area contributed by atoms with Crippen molar-refractivity contribution in [1.29, 1.82) is 0 Å². The number of hydrogen-bond acceptors (Lipinski definition) is 1. The molecule has 0 bridgehead atoms. The van der Waals surface area contributed by atoms with Gasteiger partial charge in [-0.2, -0.15) is 0 Å². The Kier molecular flexibility index (Phi) is 7.80. The molecule has 0 aromatic heterocycles. The number of hydrogen-bond donors (Lipinski definition) is 0. The van der Waals surface area contributed by atoms with Crippen LogP contribution in [0, 0.1) is 0 Å². The molecule has 0 aliphatic heterocycles. The van der Waals surface area contributed by atoms with Gasteiger partial charge in [-0.05, 0) is 24.1 Å². The lowest BCUT2D eigenvalue weighted by Gasteiger charge is -2.32. The zero-order valence-corrected chi connectivity index (χ0v) is 15.5. The molecule has 1 nitrogen and oxygen atoms in total. The Morgan fingerprint density at radius 2 is 1.76 bits per heavy atom. The first-order chi connectivity index (χ1) is 10.2. The lowest BCUT2D eigenvalue weighted by atomic mass is 10.1. The van der Waals surface area contributed by atoms with E-state index in [0.717, 1.165) is 5.75 Å². The fourth-order valence-corrected chi connectivity index (χ4v) is 7.26. The molecule has 0 aliphatic rings. The van der Waals surface area contributed by atoms with Gasteiger partial charge in [0.2, 0.25) is 0 Å². The van der Waals surface area contributed by atoms with Crippen LogP contribution in [0.3, 0.4) is 0 Å². The standard InChI is InChI=1S/C19H32OSi/c1-6-10-14-19(21(7-2,8-3)9-4)16-17-12-11-13-18(15-17)20-5/h11-13,15-16H,6-10,14H2,1-5H3/b19-16-. The minimum Gasteiger partial charge on any atom is -0.497 e. The van der Waals surface area contributed by atoms with Gasteiger partial charge in [0, 0.05) is 0 Å². The minimum atomic E-state index is -1.27. The Morgan fingerprint density at radius 1 is 1.10 bits per heavy atom. The van der Waals surface area contributed by atoms with Crippen LogP contribution in [-0.2, 0) is 0 Å². The first-order valence-electron chi connectivity index (χ1n) is 8.50. The Labute approximate surface area is 132 Å². The van der Waals surface area contributed by atoms with E-state index < -0.39 is 8.07 Å². The summed E-state index contributed by atoms with van der Waals surface area (Å²) in [4.78, 5) is 0. The lowest BCUT2D eigenvalue weighted by molar-refractivity contribution is 0.414. The summed E-state index contributed by atoms with van der Waals surface area (Å²) in [6.45, 7) is 9.47. The van der Waals surface area contributed by atoms with E-state index in [0.29, 0.717) is 0 Å². The van der Waals surface area contributed by atoms with E-state index in [4.69, 9.17) is 4.74 Å². The van der Waals surface area contributed by atoms with Crippen molar-refractivity contribution >= 4 is 14.1 Å². The number of benzene rings is 1. The van der Waals surface area contributed by atoms with E-state index in [1.54, 1.807) is 12.3 Å². The van der Waals surface area contributed by atoms with Crippen LogP contribution < -0.4 is 4.74 Å². The minimum absolute atomic E-state index is 0.954. The van der Waals surface area contributed by atoms with Crippen molar-refractivity contribution in [2.24, 2.45) is 0 Å². The second-order valence-electron chi connectivity index (χ2n) is 5.89. The topological polar surface area (TPSA) is 9.23 Å². The average Bonchev–Trinajstić information content (AvgIpc) is 2.54. The van der Waals surface area contributed by atoms with Gasteiger partial charge in [-0.3, -0.25) is 0 Å². The largest absolute Gasteiger partial charge is 0.497 e. The van der Waals surface area contributed by atoms with Gasteiger partial charge in [-0.1, -0.05) is 82.1 Å². The van der Waals surface area contributed by atoms with Crippen molar-refractivity contribution in [3.8, 4) is 5.75 Å². The van der Waals surface area contributed by atoms with E-state index in [1.165, 1.54) is 43.0 Å². The van der Waals surface area contributed by atoms with Crippen molar-refractivity contribution in [3.63, 3.8) is 0 Å². The predicted octanol–water partition coefficient (Wildman–Crippen LogP) is 6.32. The van der Waals surface area contributed by atoms with E-state index in [1.807, 2.05) is 6.07 Å². The second kappa shape index (κ2) is 9.09. The third-order valence-corrected chi connectivity index (χ3v) is 10.8. The molecule has 0 aliphatic carbocycles. The van der Waals surface area contributed by atoms with Gasteiger partial charge in [0.15, 0.2) is 0 Å². The van der Waals surface area contributed by atoms with Crippen molar-refractivity contribution in [2.75, 3.05) is 7.11 Å². The van der Waals surface area contributed by atoms with Gasteiger partial charge in [-0.25, -0.2) is 0 Å². The van der Waals surface area contributed by atoms with Crippen molar-refractivity contribution in [2.45, 2.75) is 65.1 Å². The Morgan fingerprint density at radius 3 is 2.29 bits per heavy atom. The molecule has 21 heavy (non-hydrogen) atoms. The molecule has 0 radical (unpaired) electrons. The van der Waals surface area contributed by atoms with Crippen LogP contribution in [0.15, 0.2) is 29.5 Å². The van der Waals surface area contributed by atoms with Gasteiger partial charge in [-0.15, -0.1) is 0 Å². The molecule has 0 amide bonds. The summed E-state index contributed by atoms with van der Waals surface area (Å²) in [6, 6.07) is 12.6. The molecule has 1 rings (SSSR count). The number of allylic oxidation sites excluding steroid dienone is 1. The fourth-order valence-electron chi connectivity index (χ4n) is 3.22. The smallest absolute Gasteiger partial charge is 0.119 e. The first-order valence-corrected chi connectivity index (χ1v) is 11.1. The Balaban J connectivity index is 3.18. The summed E-state index contributed by atoms with van der Waals surface area (Å²) in [5.41, 5.74) is 1.30. The van der Waals surface area contributed by atoms with Crippen LogP contribution in [0.4, 0.5) is 0 Å². The molecule has 0 fully saturated rings. The molecule has 1 aromatic rings. The summed E-state index contributed by atoms with van der Waals surface area (Å²) in [5.74, 6) is 0.954. The number of ether oxygens (including phenoxy) is 1. The average molecular weight is 305 g/mol. The van der Waals surface area contributed by atoms with Gasteiger partial charge in [0.05, 0.1) is 15.2 Å². The number of methoxy groups -OCH3 is 1. The van der Waals surface area contributed by atoms with Crippen LogP contribution >= 0.6 is 0 Å². The van der Waals surface area contributed by atoms with Gasteiger partial charge < -0.3 is 4.74 Å². The highest BCUT2D eigenvalue weighted by Gasteiger charge is 2.30. The van der Waals surface area contributed by atoms with Gasteiger partial charge >= 0.3 is 0 Å². The molecule has 0 spiro atoms. The predicted molar refractivity (Wildman–Crippen MR) is 97.7 cm³/mol. The highest BCUT2D eigenvalue weighted by Crippen LogP contribution is 2.33. The van der Waals surface area contributed by atoms with Crippen LogP contribution in [0.25, 0.3) is 6.08 Å². The lowest BCUT2D eigenvalue weighted by Crippen LogP contribution is -2.34. The van der Waals surface area contributed by atoms with E-state index in [9.17, 15) is 0 Å². The monoisotopic (exact) mass is 304 g/mol. The van der Waals surface area contributed by atoms with Crippen LogP contribution in [0.2, 0.25) is 18.1 Å². The maximum absolute atomic E-state index is 5.36. The first kappa shape index (κ1) is 18.0. The summed E-state index contributed by atoms with van der Waals surface area (Å²) < 4.78 is 5.36. The van der Waals surface area contributed by atoms with Crippen LogP contribution in [0.5, 0.6) is 5.75 Å². The molecular weight excluding hydrogens is 272 g/mol. The third-order valence-electron chi connectivity index (χ3n) is 4.95. The van der Waals surface area contributed by atoms with E-state index in [2.05, 4.69) is 52.0 Å². The summed E-state index contributed by atoms with van der Waals surface area (Å²) >= 11 is 0. The zero-order chi connectivity index (χ0) is 15.7. The number of rotatable bonds is 9. The quantitative estimate of drug-likeness (QED) is 0.485. The second-order valence-corrected chi connectivity index (χ2v) is 11.2. The molecule has 0 saturated heterocycles. The highest BCUT2D eigenvalue weighted by atomic mass is 28.3. The molecule has 0 unspecified atom stereocenters. The van der Waals surface area contributed by atoms with Crippen LogP contribution in [-0.4, -0.2) is 15.2 Å². The molecule has 0 heterocycles. The zero-order valence-electron chi connectivity index (χ0n) is 14.5. The maximum atomic E-state index is 5.36. The van der Waals surface area contributed by atoms with Gasteiger partial charge in [0.1, 0.15) is 5.75 Å². The van der Waals surface area contributed by atoms with Crippen LogP contribution in [0.1, 0.15) is 52.5 Å². The SMILES string of the molecule is CCCC/C(=C/c1cccc(OC)c1)[Si](CC)(CC)CC. The number of unbranched alkanes of at least 4 members (excludes halogenated alkanes) is 1.